The van der Waals surface area contributed by atoms with E-state index in [4.69, 9.17) is 4.74 Å². The SMILES string of the molecule is COC1(CC(=O)NC2CCCC2CO)CCC1. The molecule has 0 aromatic rings. The molecule has 2 rings (SSSR count). The third-order valence-corrected chi connectivity index (χ3v) is 4.42. The molecule has 0 saturated heterocycles. The molecule has 2 unspecified atom stereocenters. The topological polar surface area (TPSA) is 58.6 Å². The molecule has 0 heterocycles. The minimum atomic E-state index is -0.197. The van der Waals surface area contributed by atoms with Gasteiger partial charge in [-0.15, -0.1) is 0 Å². The van der Waals surface area contributed by atoms with Crippen LogP contribution in [0.3, 0.4) is 0 Å². The summed E-state index contributed by atoms with van der Waals surface area (Å²) < 4.78 is 5.45. The highest BCUT2D eigenvalue weighted by Crippen LogP contribution is 2.38. The van der Waals surface area contributed by atoms with Gasteiger partial charge in [0.25, 0.3) is 0 Å². The van der Waals surface area contributed by atoms with E-state index in [1.54, 1.807) is 7.11 Å². The summed E-state index contributed by atoms with van der Waals surface area (Å²) in [6.07, 6.45) is 6.73. The Kier molecular flexibility index (Phi) is 4.05. The summed E-state index contributed by atoms with van der Waals surface area (Å²) in [5.74, 6) is 0.329. The molecule has 4 heteroatoms. The lowest BCUT2D eigenvalue weighted by atomic mass is 9.77. The number of rotatable bonds is 5. The van der Waals surface area contributed by atoms with Crippen LogP contribution in [0.5, 0.6) is 0 Å². The van der Waals surface area contributed by atoms with Gasteiger partial charge in [0.15, 0.2) is 0 Å². The molecule has 0 aromatic carbocycles. The minimum absolute atomic E-state index is 0.0805. The number of aliphatic hydroxyl groups is 1. The van der Waals surface area contributed by atoms with E-state index in [2.05, 4.69) is 5.32 Å². The first-order valence-corrected chi connectivity index (χ1v) is 6.64. The number of carbonyl (C=O) groups excluding carboxylic acids is 1. The van der Waals surface area contributed by atoms with Crippen LogP contribution in [0.4, 0.5) is 0 Å². The van der Waals surface area contributed by atoms with Gasteiger partial charge in [-0.2, -0.15) is 0 Å². The molecular formula is C13H23NO3. The zero-order valence-electron chi connectivity index (χ0n) is 10.6. The second kappa shape index (κ2) is 5.36. The average molecular weight is 241 g/mol. The summed E-state index contributed by atoms with van der Waals surface area (Å²) >= 11 is 0. The van der Waals surface area contributed by atoms with Crippen LogP contribution in [0, 0.1) is 5.92 Å². The largest absolute Gasteiger partial charge is 0.396 e. The van der Waals surface area contributed by atoms with Crippen LogP contribution in [-0.2, 0) is 9.53 Å². The van der Waals surface area contributed by atoms with Crippen LogP contribution in [-0.4, -0.2) is 36.4 Å². The van der Waals surface area contributed by atoms with E-state index < -0.39 is 0 Å². The van der Waals surface area contributed by atoms with Crippen molar-refractivity contribution in [3.8, 4) is 0 Å². The van der Waals surface area contributed by atoms with E-state index in [1.165, 1.54) is 0 Å². The molecule has 2 N–H and O–H groups in total. The number of amides is 1. The number of aliphatic hydroxyl groups excluding tert-OH is 1. The van der Waals surface area contributed by atoms with Crippen LogP contribution in [0.15, 0.2) is 0 Å². The van der Waals surface area contributed by atoms with Crippen molar-refractivity contribution in [2.75, 3.05) is 13.7 Å². The van der Waals surface area contributed by atoms with E-state index in [9.17, 15) is 9.90 Å². The molecule has 0 aliphatic heterocycles. The molecular weight excluding hydrogens is 218 g/mol. The molecule has 98 valence electrons. The minimum Gasteiger partial charge on any atom is -0.396 e. The molecule has 0 aromatic heterocycles. The maximum Gasteiger partial charge on any atom is 0.223 e. The molecule has 17 heavy (non-hydrogen) atoms. The molecule has 1 amide bonds. The molecule has 2 fully saturated rings. The Balaban J connectivity index is 1.80. The van der Waals surface area contributed by atoms with Gasteiger partial charge in [0.1, 0.15) is 0 Å². The Morgan fingerprint density at radius 1 is 1.41 bits per heavy atom. The summed E-state index contributed by atoms with van der Waals surface area (Å²) in [7, 11) is 1.69. The Bertz CT molecular complexity index is 270. The number of carbonyl (C=O) groups is 1. The summed E-state index contributed by atoms with van der Waals surface area (Å²) in [5.41, 5.74) is -0.197. The predicted octanol–water partition coefficient (Wildman–Crippen LogP) is 1.22. The lowest BCUT2D eigenvalue weighted by Gasteiger charge is -2.40. The number of methoxy groups -OCH3 is 1. The van der Waals surface area contributed by atoms with Crippen LogP contribution in [0.2, 0.25) is 0 Å². The average Bonchev–Trinajstić information content (AvgIpc) is 2.70. The van der Waals surface area contributed by atoms with Gasteiger partial charge in [-0.25, -0.2) is 0 Å². The van der Waals surface area contributed by atoms with Gasteiger partial charge in [-0.1, -0.05) is 6.42 Å². The van der Waals surface area contributed by atoms with Crippen LogP contribution >= 0.6 is 0 Å². The highest BCUT2D eigenvalue weighted by atomic mass is 16.5. The zero-order chi connectivity index (χ0) is 12.3. The second-order valence-corrected chi connectivity index (χ2v) is 5.47. The monoisotopic (exact) mass is 241 g/mol. The fraction of sp³-hybridized carbons (Fsp3) is 0.923. The maximum atomic E-state index is 12.0. The van der Waals surface area contributed by atoms with Crippen molar-refractivity contribution < 1.29 is 14.6 Å². The second-order valence-electron chi connectivity index (χ2n) is 5.47. The number of ether oxygens (including phenoxy) is 1. The predicted molar refractivity (Wildman–Crippen MR) is 64.6 cm³/mol. The van der Waals surface area contributed by atoms with Gasteiger partial charge in [-0.05, 0) is 32.1 Å². The first-order valence-electron chi connectivity index (χ1n) is 6.64. The van der Waals surface area contributed by atoms with E-state index in [0.29, 0.717) is 6.42 Å². The Morgan fingerprint density at radius 2 is 2.18 bits per heavy atom. The number of hydrogen-bond donors (Lipinski definition) is 2. The van der Waals surface area contributed by atoms with E-state index in [0.717, 1.165) is 38.5 Å². The van der Waals surface area contributed by atoms with Crippen molar-refractivity contribution in [3.05, 3.63) is 0 Å². The molecule has 4 nitrogen and oxygen atoms in total. The fourth-order valence-corrected chi connectivity index (χ4v) is 3.02. The third kappa shape index (κ3) is 2.80. The third-order valence-electron chi connectivity index (χ3n) is 4.42. The zero-order valence-corrected chi connectivity index (χ0v) is 10.6. The van der Waals surface area contributed by atoms with Crippen LogP contribution in [0.1, 0.15) is 44.9 Å². The van der Waals surface area contributed by atoms with Gasteiger partial charge in [0.05, 0.1) is 12.0 Å². The normalized spacial score (nSPS) is 30.9. The first kappa shape index (κ1) is 12.8. The quantitative estimate of drug-likeness (QED) is 0.761. The lowest BCUT2D eigenvalue weighted by molar-refractivity contribution is -0.135. The van der Waals surface area contributed by atoms with Crippen molar-refractivity contribution in [3.63, 3.8) is 0 Å². The van der Waals surface area contributed by atoms with Crippen LogP contribution in [0.25, 0.3) is 0 Å². The van der Waals surface area contributed by atoms with Crippen molar-refractivity contribution >= 4 is 5.91 Å². The standard InChI is InChI=1S/C13H23NO3/c1-17-13(6-3-7-13)8-12(16)14-11-5-2-4-10(11)9-15/h10-11,15H,2-9H2,1H3,(H,14,16). The van der Waals surface area contributed by atoms with Gasteiger partial charge in [-0.3, -0.25) is 4.79 Å². The molecule has 2 saturated carbocycles. The van der Waals surface area contributed by atoms with Gasteiger partial charge in [0.2, 0.25) is 5.91 Å². The molecule has 2 atom stereocenters. The van der Waals surface area contributed by atoms with E-state index >= 15 is 0 Å². The molecule has 0 spiro atoms. The van der Waals surface area contributed by atoms with Crippen molar-refractivity contribution in [1.29, 1.82) is 0 Å². The van der Waals surface area contributed by atoms with Crippen molar-refractivity contribution in [1.82, 2.24) is 5.32 Å². The van der Waals surface area contributed by atoms with E-state index in [-0.39, 0.29) is 30.1 Å². The molecule has 0 radical (unpaired) electrons. The Labute approximate surface area is 103 Å². The van der Waals surface area contributed by atoms with Gasteiger partial charge < -0.3 is 15.2 Å². The summed E-state index contributed by atoms with van der Waals surface area (Å²) in [5, 5.41) is 12.3. The highest BCUT2D eigenvalue weighted by molar-refractivity contribution is 5.77. The molecule has 2 aliphatic carbocycles. The fourth-order valence-electron chi connectivity index (χ4n) is 3.02. The summed E-state index contributed by atoms with van der Waals surface area (Å²) in [6, 6.07) is 0.168. The number of nitrogens with one attached hydrogen (secondary N) is 1. The van der Waals surface area contributed by atoms with E-state index in [1.807, 2.05) is 0 Å². The summed E-state index contributed by atoms with van der Waals surface area (Å²) in [4.78, 5) is 12.0. The van der Waals surface area contributed by atoms with Crippen LogP contribution < -0.4 is 5.32 Å². The van der Waals surface area contributed by atoms with Crippen molar-refractivity contribution in [2.24, 2.45) is 5.92 Å². The Morgan fingerprint density at radius 3 is 2.71 bits per heavy atom. The molecule has 2 aliphatic rings. The highest BCUT2D eigenvalue weighted by Gasteiger charge is 2.39. The smallest absolute Gasteiger partial charge is 0.223 e. The van der Waals surface area contributed by atoms with Gasteiger partial charge >= 0.3 is 0 Å². The lowest BCUT2D eigenvalue weighted by Crippen LogP contribution is -2.47. The van der Waals surface area contributed by atoms with Gasteiger partial charge in [0, 0.05) is 25.7 Å². The Hall–Kier alpha value is -0.610. The summed E-state index contributed by atoms with van der Waals surface area (Å²) in [6.45, 7) is 0.181. The van der Waals surface area contributed by atoms with Crippen molar-refractivity contribution in [2.45, 2.75) is 56.6 Å². The number of hydrogen-bond acceptors (Lipinski definition) is 3. The maximum absolute atomic E-state index is 12.0. The first-order chi connectivity index (χ1) is 8.19. The molecule has 0 bridgehead atoms.